The first kappa shape index (κ1) is 14.4. The molecule has 0 aliphatic carbocycles. The van der Waals surface area contributed by atoms with Crippen LogP contribution in [0.3, 0.4) is 0 Å². The Morgan fingerprint density at radius 2 is 1.95 bits per heavy atom. The van der Waals surface area contributed by atoms with Crippen molar-refractivity contribution in [2.75, 3.05) is 31.5 Å². The molecule has 0 radical (unpaired) electrons. The van der Waals surface area contributed by atoms with E-state index in [0.717, 1.165) is 25.1 Å². The lowest BCUT2D eigenvalue weighted by atomic mass is 10.3. The lowest BCUT2D eigenvalue weighted by molar-refractivity contribution is -0.143. The van der Waals surface area contributed by atoms with Gasteiger partial charge in [0.05, 0.1) is 0 Å². The molecule has 0 bridgehead atoms. The van der Waals surface area contributed by atoms with E-state index in [2.05, 4.69) is 10.6 Å². The summed E-state index contributed by atoms with van der Waals surface area (Å²) in [4.78, 5) is 25.1. The monoisotopic (exact) mass is 283 g/mol. The quantitative estimate of drug-likeness (QED) is 0.747. The van der Waals surface area contributed by atoms with Crippen molar-refractivity contribution in [2.24, 2.45) is 0 Å². The van der Waals surface area contributed by atoms with Gasteiger partial charge in [0, 0.05) is 31.4 Å². The van der Waals surface area contributed by atoms with Crippen LogP contribution in [-0.4, -0.2) is 42.9 Å². The summed E-state index contributed by atoms with van der Waals surface area (Å²) in [5, 5.41) is 5.39. The van der Waals surface area contributed by atoms with Crippen molar-refractivity contribution in [3.8, 4) is 0 Å². The smallest absolute Gasteiger partial charge is 0.313 e. The number of hydrogen-bond donors (Lipinski definition) is 2. The Balaban J connectivity index is 1.99. The summed E-state index contributed by atoms with van der Waals surface area (Å²) in [5.41, 5.74) is 0.0511. The molecule has 1 aromatic carbocycles. The molecule has 2 N–H and O–H groups in total. The SMILES string of the molecule is O=C(Nc1ccc(F)c(F)c1)C(=O)N1CCCNCC1. The van der Waals surface area contributed by atoms with Crippen molar-refractivity contribution < 1.29 is 18.4 Å². The fourth-order valence-electron chi connectivity index (χ4n) is 1.95. The van der Waals surface area contributed by atoms with Crippen LogP contribution in [-0.2, 0) is 9.59 Å². The number of halogens is 2. The minimum absolute atomic E-state index is 0.0511. The first-order chi connectivity index (χ1) is 9.58. The molecule has 1 aliphatic heterocycles. The minimum atomic E-state index is -1.07. The Kier molecular flexibility index (Phi) is 4.62. The summed E-state index contributed by atoms with van der Waals surface area (Å²) in [5.74, 6) is -3.60. The third-order valence-electron chi connectivity index (χ3n) is 3.00. The first-order valence-electron chi connectivity index (χ1n) is 6.34. The van der Waals surface area contributed by atoms with E-state index in [9.17, 15) is 18.4 Å². The number of amides is 2. The van der Waals surface area contributed by atoms with Crippen molar-refractivity contribution >= 4 is 17.5 Å². The lowest BCUT2D eigenvalue weighted by Gasteiger charge is -2.19. The highest BCUT2D eigenvalue weighted by atomic mass is 19.2. The van der Waals surface area contributed by atoms with E-state index in [0.29, 0.717) is 19.6 Å². The largest absolute Gasteiger partial charge is 0.333 e. The Bertz CT molecular complexity index is 514. The zero-order valence-electron chi connectivity index (χ0n) is 10.8. The van der Waals surface area contributed by atoms with Gasteiger partial charge in [0.2, 0.25) is 0 Å². The first-order valence-corrected chi connectivity index (χ1v) is 6.34. The van der Waals surface area contributed by atoms with Gasteiger partial charge in [-0.2, -0.15) is 0 Å². The van der Waals surface area contributed by atoms with E-state index in [-0.39, 0.29) is 5.69 Å². The molecule has 0 aromatic heterocycles. The van der Waals surface area contributed by atoms with Crippen LogP contribution in [0.1, 0.15) is 6.42 Å². The number of carbonyl (C=O) groups is 2. The van der Waals surface area contributed by atoms with Crippen molar-refractivity contribution in [3.05, 3.63) is 29.8 Å². The number of nitrogens with zero attached hydrogens (tertiary/aromatic N) is 1. The standard InChI is InChI=1S/C13H15F2N3O2/c14-10-3-2-9(8-11(10)15)17-12(19)13(20)18-6-1-4-16-5-7-18/h2-3,8,16H,1,4-7H2,(H,17,19). The summed E-state index contributed by atoms with van der Waals surface area (Å²) in [6, 6.07) is 2.93. The van der Waals surface area contributed by atoms with Crippen LogP contribution in [0.25, 0.3) is 0 Å². The van der Waals surface area contributed by atoms with Crippen molar-refractivity contribution in [1.29, 1.82) is 0 Å². The number of anilines is 1. The van der Waals surface area contributed by atoms with Crippen molar-refractivity contribution in [2.45, 2.75) is 6.42 Å². The van der Waals surface area contributed by atoms with E-state index in [1.165, 1.54) is 11.0 Å². The Morgan fingerprint density at radius 1 is 1.15 bits per heavy atom. The van der Waals surface area contributed by atoms with Crippen LogP contribution >= 0.6 is 0 Å². The molecule has 1 saturated heterocycles. The molecule has 1 aromatic rings. The maximum Gasteiger partial charge on any atom is 0.313 e. The van der Waals surface area contributed by atoms with Gasteiger partial charge in [-0.1, -0.05) is 0 Å². The molecule has 108 valence electrons. The molecular formula is C13H15F2N3O2. The van der Waals surface area contributed by atoms with Crippen LogP contribution in [0.5, 0.6) is 0 Å². The van der Waals surface area contributed by atoms with Crippen LogP contribution in [0.4, 0.5) is 14.5 Å². The average Bonchev–Trinajstić information content (AvgIpc) is 2.71. The van der Waals surface area contributed by atoms with Gasteiger partial charge in [-0.05, 0) is 25.1 Å². The summed E-state index contributed by atoms with van der Waals surface area (Å²) >= 11 is 0. The molecule has 1 aliphatic rings. The van der Waals surface area contributed by atoms with Gasteiger partial charge in [0.1, 0.15) is 0 Å². The molecule has 7 heteroatoms. The van der Waals surface area contributed by atoms with Gasteiger partial charge in [0.25, 0.3) is 0 Å². The average molecular weight is 283 g/mol. The minimum Gasteiger partial charge on any atom is -0.333 e. The highest BCUT2D eigenvalue weighted by molar-refractivity contribution is 6.39. The summed E-state index contributed by atoms with van der Waals surface area (Å²) in [6.07, 6.45) is 0.768. The molecule has 2 rings (SSSR count). The zero-order chi connectivity index (χ0) is 14.5. The van der Waals surface area contributed by atoms with E-state index >= 15 is 0 Å². The van der Waals surface area contributed by atoms with Crippen molar-refractivity contribution in [1.82, 2.24) is 10.2 Å². The number of benzene rings is 1. The molecule has 2 amide bonds. The summed E-state index contributed by atoms with van der Waals surface area (Å²) in [6.45, 7) is 2.37. The van der Waals surface area contributed by atoms with Crippen LogP contribution in [0, 0.1) is 11.6 Å². The summed E-state index contributed by atoms with van der Waals surface area (Å²) in [7, 11) is 0. The topological polar surface area (TPSA) is 61.4 Å². The Morgan fingerprint density at radius 3 is 2.70 bits per heavy atom. The number of hydrogen-bond acceptors (Lipinski definition) is 3. The third-order valence-corrected chi connectivity index (χ3v) is 3.00. The van der Waals surface area contributed by atoms with Gasteiger partial charge in [-0.25, -0.2) is 8.78 Å². The van der Waals surface area contributed by atoms with E-state index in [4.69, 9.17) is 0 Å². The van der Waals surface area contributed by atoms with E-state index in [1.807, 2.05) is 0 Å². The van der Waals surface area contributed by atoms with Gasteiger partial charge in [0.15, 0.2) is 11.6 Å². The number of nitrogens with one attached hydrogen (secondary N) is 2. The molecule has 0 saturated carbocycles. The second kappa shape index (κ2) is 6.42. The molecule has 1 heterocycles. The molecule has 0 spiro atoms. The van der Waals surface area contributed by atoms with Crippen LogP contribution in [0.15, 0.2) is 18.2 Å². The summed E-state index contributed by atoms with van der Waals surface area (Å²) < 4.78 is 25.8. The molecule has 20 heavy (non-hydrogen) atoms. The third kappa shape index (κ3) is 3.51. The van der Waals surface area contributed by atoms with E-state index in [1.54, 1.807) is 0 Å². The van der Waals surface area contributed by atoms with Gasteiger partial charge in [-0.3, -0.25) is 9.59 Å². The zero-order valence-corrected chi connectivity index (χ0v) is 10.8. The highest BCUT2D eigenvalue weighted by Crippen LogP contribution is 2.13. The number of rotatable bonds is 1. The molecule has 0 unspecified atom stereocenters. The molecule has 0 atom stereocenters. The molecular weight excluding hydrogens is 268 g/mol. The predicted molar refractivity (Wildman–Crippen MR) is 69.1 cm³/mol. The maximum absolute atomic E-state index is 13.0. The fraction of sp³-hybridized carbons (Fsp3) is 0.385. The number of carbonyl (C=O) groups excluding carboxylic acids is 2. The normalized spacial score (nSPS) is 15.6. The second-order valence-electron chi connectivity index (χ2n) is 4.48. The predicted octanol–water partition coefficient (Wildman–Crippen LogP) is 0.725. The lowest BCUT2D eigenvalue weighted by Crippen LogP contribution is -2.41. The highest BCUT2D eigenvalue weighted by Gasteiger charge is 2.22. The Labute approximate surface area is 114 Å². The van der Waals surface area contributed by atoms with Gasteiger partial charge in [-0.15, -0.1) is 0 Å². The maximum atomic E-state index is 13.0. The molecule has 1 fully saturated rings. The van der Waals surface area contributed by atoms with Crippen molar-refractivity contribution in [3.63, 3.8) is 0 Å². The Hall–Kier alpha value is -2.02. The second-order valence-corrected chi connectivity index (χ2v) is 4.48. The van der Waals surface area contributed by atoms with E-state index < -0.39 is 23.4 Å². The fourth-order valence-corrected chi connectivity index (χ4v) is 1.95. The van der Waals surface area contributed by atoms with Crippen LogP contribution < -0.4 is 10.6 Å². The van der Waals surface area contributed by atoms with Gasteiger partial charge >= 0.3 is 11.8 Å². The van der Waals surface area contributed by atoms with Gasteiger partial charge < -0.3 is 15.5 Å². The molecule has 5 nitrogen and oxygen atoms in total. The van der Waals surface area contributed by atoms with Crippen LogP contribution in [0.2, 0.25) is 0 Å².